The van der Waals surface area contributed by atoms with E-state index in [4.69, 9.17) is 0 Å². The van der Waals surface area contributed by atoms with Gasteiger partial charge in [-0.25, -0.2) is 4.98 Å². The molecule has 0 bridgehead atoms. The highest BCUT2D eigenvalue weighted by Gasteiger charge is 2.23. The molecule has 0 radical (unpaired) electrons. The van der Waals surface area contributed by atoms with Crippen LogP contribution in [0.25, 0.3) is 5.69 Å². The van der Waals surface area contributed by atoms with E-state index in [-0.39, 0.29) is 11.8 Å². The molecule has 0 saturated carbocycles. The second-order valence-corrected chi connectivity index (χ2v) is 5.96. The second-order valence-electron chi connectivity index (χ2n) is 5.96. The van der Waals surface area contributed by atoms with E-state index in [1.165, 1.54) is 0 Å². The van der Waals surface area contributed by atoms with E-state index < -0.39 is 0 Å². The van der Waals surface area contributed by atoms with Crippen molar-refractivity contribution in [2.45, 2.75) is 19.4 Å². The van der Waals surface area contributed by atoms with Gasteiger partial charge in [-0.2, -0.15) is 0 Å². The van der Waals surface area contributed by atoms with Crippen molar-refractivity contribution in [1.82, 2.24) is 19.8 Å². The van der Waals surface area contributed by atoms with Crippen molar-refractivity contribution in [3.8, 4) is 5.69 Å². The molecule has 1 fully saturated rings. The molecular weight excluding hydrogens is 276 g/mol. The van der Waals surface area contributed by atoms with Gasteiger partial charge in [-0.15, -0.1) is 0 Å². The number of likely N-dealkylation sites (tertiary alicyclic amines) is 1. The summed E-state index contributed by atoms with van der Waals surface area (Å²) in [5.41, 5.74) is 2.18. The Balaban J connectivity index is 1.54. The zero-order valence-corrected chi connectivity index (χ0v) is 12.9. The van der Waals surface area contributed by atoms with Crippen molar-refractivity contribution in [1.29, 1.82) is 0 Å². The average molecular weight is 298 g/mol. The number of carbonyl (C=O) groups is 1. The number of nitrogens with one attached hydrogen (secondary N) is 1. The molecule has 3 rings (SSSR count). The summed E-state index contributed by atoms with van der Waals surface area (Å²) in [5, 5.41) is 3.06. The van der Waals surface area contributed by atoms with Gasteiger partial charge in [0.2, 0.25) is 5.91 Å². The first-order valence-corrected chi connectivity index (χ1v) is 7.76. The lowest BCUT2D eigenvalue weighted by molar-refractivity contribution is -0.126. The largest absolute Gasteiger partial charge is 0.352 e. The molecule has 1 atom stereocenters. The summed E-state index contributed by atoms with van der Waals surface area (Å²) < 4.78 is 1.96. The van der Waals surface area contributed by atoms with Crippen LogP contribution in [0.4, 0.5) is 0 Å². The summed E-state index contributed by atoms with van der Waals surface area (Å²) in [6.07, 6.45) is 7.55. The van der Waals surface area contributed by atoms with Crippen LogP contribution in [0.5, 0.6) is 0 Å². The Morgan fingerprint density at radius 2 is 2.18 bits per heavy atom. The van der Waals surface area contributed by atoms with Gasteiger partial charge in [-0.1, -0.05) is 12.1 Å². The number of nitrogens with zero attached hydrogens (tertiary/aromatic N) is 3. The van der Waals surface area contributed by atoms with Crippen LogP contribution in [0, 0.1) is 5.92 Å². The Labute approximate surface area is 131 Å². The minimum absolute atomic E-state index is 0.129. The van der Waals surface area contributed by atoms with Gasteiger partial charge in [-0.3, -0.25) is 4.79 Å². The van der Waals surface area contributed by atoms with E-state index in [1.807, 2.05) is 35.0 Å². The molecular formula is C17H22N4O. The lowest BCUT2D eigenvalue weighted by atomic mass is 9.97. The summed E-state index contributed by atoms with van der Waals surface area (Å²) in [6.45, 7) is 2.55. The standard InChI is InChI=1S/C17H22N4O/c1-20-9-2-3-15(12-20)17(22)19-11-14-4-6-16(7-5-14)21-10-8-18-13-21/h4-8,10,13,15H,2-3,9,11-12H2,1H3,(H,19,22). The van der Waals surface area contributed by atoms with Gasteiger partial charge in [0, 0.05) is 31.2 Å². The molecule has 116 valence electrons. The summed E-state index contributed by atoms with van der Waals surface area (Å²) in [6, 6.07) is 8.17. The summed E-state index contributed by atoms with van der Waals surface area (Å²) in [7, 11) is 2.08. The maximum absolute atomic E-state index is 12.2. The Morgan fingerprint density at radius 1 is 1.36 bits per heavy atom. The van der Waals surface area contributed by atoms with E-state index in [9.17, 15) is 4.79 Å². The molecule has 1 amide bonds. The van der Waals surface area contributed by atoms with E-state index in [0.29, 0.717) is 6.54 Å². The molecule has 5 nitrogen and oxygen atoms in total. The molecule has 1 aliphatic rings. The Hall–Kier alpha value is -2.14. The summed E-state index contributed by atoms with van der Waals surface area (Å²) >= 11 is 0. The third-order valence-electron chi connectivity index (χ3n) is 4.20. The van der Waals surface area contributed by atoms with Crippen molar-refractivity contribution < 1.29 is 4.79 Å². The van der Waals surface area contributed by atoms with Crippen molar-refractivity contribution in [3.63, 3.8) is 0 Å². The molecule has 1 N–H and O–H groups in total. The number of benzene rings is 1. The molecule has 1 saturated heterocycles. The van der Waals surface area contributed by atoms with E-state index in [0.717, 1.165) is 37.2 Å². The van der Waals surface area contributed by atoms with Gasteiger partial charge in [-0.05, 0) is 44.1 Å². The maximum Gasteiger partial charge on any atom is 0.224 e. The van der Waals surface area contributed by atoms with Crippen LogP contribution in [0.2, 0.25) is 0 Å². The Morgan fingerprint density at radius 3 is 2.86 bits per heavy atom. The number of hydrogen-bond donors (Lipinski definition) is 1. The monoisotopic (exact) mass is 298 g/mol. The summed E-state index contributed by atoms with van der Waals surface area (Å²) in [4.78, 5) is 18.5. The molecule has 5 heteroatoms. The highest BCUT2D eigenvalue weighted by atomic mass is 16.1. The molecule has 1 aromatic heterocycles. The van der Waals surface area contributed by atoms with Gasteiger partial charge >= 0.3 is 0 Å². The number of piperidine rings is 1. The number of hydrogen-bond acceptors (Lipinski definition) is 3. The van der Waals surface area contributed by atoms with Crippen molar-refractivity contribution in [2.24, 2.45) is 5.92 Å². The highest BCUT2D eigenvalue weighted by molar-refractivity contribution is 5.78. The topological polar surface area (TPSA) is 50.2 Å². The zero-order chi connectivity index (χ0) is 15.4. The molecule has 1 aliphatic heterocycles. The minimum atomic E-state index is 0.129. The van der Waals surface area contributed by atoms with Crippen LogP contribution in [-0.2, 0) is 11.3 Å². The normalized spacial score (nSPS) is 19.0. The Kier molecular flexibility index (Phi) is 4.53. The molecule has 0 aliphatic carbocycles. The van der Waals surface area contributed by atoms with Crippen LogP contribution in [0.3, 0.4) is 0 Å². The van der Waals surface area contributed by atoms with Crippen LogP contribution in [0.15, 0.2) is 43.0 Å². The number of imidazole rings is 1. The van der Waals surface area contributed by atoms with Crippen molar-refractivity contribution >= 4 is 5.91 Å². The van der Waals surface area contributed by atoms with Crippen LogP contribution < -0.4 is 5.32 Å². The lowest BCUT2D eigenvalue weighted by Gasteiger charge is -2.28. The van der Waals surface area contributed by atoms with Crippen molar-refractivity contribution in [3.05, 3.63) is 48.5 Å². The van der Waals surface area contributed by atoms with Crippen LogP contribution in [0.1, 0.15) is 18.4 Å². The molecule has 2 heterocycles. The molecule has 2 aromatic rings. The first kappa shape index (κ1) is 14.8. The van der Waals surface area contributed by atoms with E-state index >= 15 is 0 Å². The van der Waals surface area contributed by atoms with Crippen LogP contribution >= 0.6 is 0 Å². The number of amides is 1. The fourth-order valence-corrected chi connectivity index (χ4v) is 2.91. The average Bonchev–Trinajstić information content (AvgIpc) is 3.07. The highest BCUT2D eigenvalue weighted by Crippen LogP contribution is 2.15. The zero-order valence-electron chi connectivity index (χ0n) is 12.9. The summed E-state index contributed by atoms with van der Waals surface area (Å²) in [5.74, 6) is 0.300. The third kappa shape index (κ3) is 3.54. The molecule has 1 unspecified atom stereocenters. The SMILES string of the molecule is CN1CCCC(C(=O)NCc2ccc(-n3ccnc3)cc2)C1. The predicted molar refractivity (Wildman–Crippen MR) is 85.6 cm³/mol. The molecule has 0 spiro atoms. The van der Waals surface area contributed by atoms with E-state index in [2.05, 4.69) is 22.2 Å². The number of aromatic nitrogens is 2. The van der Waals surface area contributed by atoms with Gasteiger partial charge in [0.1, 0.15) is 0 Å². The van der Waals surface area contributed by atoms with Gasteiger partial charge < -0.3 is 14.8 Å². The molecule has 1 aromatic carbocycles. The molecule has 22 heavy (non-hydrogen) atoms. The first-order valence-electron chi connectivity index (χ1n) is 7.76. The smallest absolute Gasteiger partial charge is 0.224 e. The van der Waals surface area contributed by atoms with Gasteiger partial charge in [0.15, 0.2) is 0 Å². The number of rotatable bonds is 4. The Bertz CT molecular complexity index is 606. The van der Waals surface area contributed by atoms with Gasteiger partial charge in [0.05, 0.1) is 12.2 Å². The second kappa shape index (κ2) is 6.75. The third-order valence-corrected chi connectivity index (χ3v) is 4.20. The van der Waals surface area contributed by atoms with Gasteiger partial charge in [0.25, 0.3) is 0 Å². The van der Waals surface area contributed by atoms with Crippen molar-refractivity contribution in [2.75, 3.05) is 20.1 Å². The predicted octanol–water partition coefficient (Wildman–Crippen LogP) is 1.83. The fourth-order valence-electron chi connectivity index (χ4n) is 2.91. The quantitative estimate of drug-likeness (QED) is 0.937. The fraction of sp³-hybridized carbons (Fsp3) is 0.412. The number of carbonyl (C=O) groups excluding carboxylic acids is 1. The van der Waals surface area contributed by atoms with E-state index in [1.54, 1.807) is 12.5 Å². The van der Waals surface area contributed by atoms with Crippen LogP contribution in [-0.4, -0.2) is 40.5 Å². The first-order chi connectivity index (χ1) is 10.7. The maximum atomic E-state index is 12.2. The lowest BCUT2D eigenvalue weighted by Crippen LogP contribution is -2.41. The minimum Gasteiger partial charge on any atom is -0.352 e.